The van der Waals surface area contributed by atoms with Gasteiger partial charge in [0.25, 0.3) is 0 Å². The number of carbonyl (C=O) groups excluding carboxylic acids is 2. The summed E-state index contributed by atoms with van der Waals surface area (Å²) in [4.78, 5) is 32.6. The maximum absolute atomic E-state index is 13.0. The number of nitrogens with zero attached hydrogens (tertiary/aromatic N) is 3. The molecule has 2 heterocycles. The van der Waals surface area contributed by atoms with Crippen LogP contribution >= 0.6 is 0 Å². The number of ketones is 1. The van der Waals surface area contributed by atoms with E-state index in [0.717, 1.165) is 0 Å². The van der Waals surface area contributed by atoms with Gasteiger partial charge in [0.2, 0.25) is 5.88 Å². The normalized spacial score (nSPS) is 14.7. The topological polar surface area (TPSA) is 62.7 Å². The lowest BCUT2D eigenvalue weighted by molar-refractivity contribution is 0.0857. The van der Waals surface area contributed by atoms with Crippen molar-refractivity contribution in [3.05, 3.63) is 54.0 Å². The molecule has 1 saturated heterocycles. The Morgan fingerprint density at radius 2 is 1.81 bits per heavy atom. The number of hydrogen-bond donors (Lipinski definition) is 0. The highest BCUT2D eigenvalue weighted by atomic mass is 19.1. The molecule has 0 unspecified atom stereocenters. The number of aromatic nitrogens is 1. The number of amides is 2. The fourth-order valence-corrected chi connectivity index (χ4v) is 3.20. The monoisotopic (exact) mass is 371 g/mol. The Kier molecular flexibility index (Phi) is 5.69. The van der Waals surface area contributed by atoms with Crippen LogP contribution in [0.1, 0.15) is 23.2 Å². The van der Waals surface area contributed by atoms with E-state index in [2.05, 4.69) is 4.98 Å². The van der Waals surface area contributed by atoms with Gasteiger partial charge < -0.3 is 9.64 Å². The molecule has 0 bridgehead atoms. The van der Waals surface area contributed by atoms with E-state index in [-0.39, 0.29) is 23.5 Å². The van der Waals surface area contributed by atoms with Gasteiger partial charge in [-0.2, -0.15) is 0 Å². The van der Waals surface area contributed by atoms with Crippen LogP contribution in [-0.2, 0) is 0 Å². The lowest BCUT2D eigenvalue weighted by Gasteiger charge is -2.34. The van der Waals surface area contributed by atoms with E-state index in [0.29, 0.717) is 43.1 Å². The number of rotatable bonds is 4. The van der Waals surface area contributed by atoms with Gasteiger partial charge in [-0.1, -0.05) is 0 Å². The maximum Gasteiger partial charge on any atom is 0.324 e. The number of anilines is 1. The summed E-state index contributed by atoms with van der Waals surface area (Å²) in [6.07, 6.45) is 2.77. The van der Waals surface area contributed by atoms with Crippen molar-refractivity contribution in [1.82, 2.24) is 9.88 Å². The van der Waals surface area contributed by atoms with Crippen LogP contribution in [0.3, 0.4) is 0 Å². The lowest BCUT2D eigenvalue weighted by atomic mass is 9.89. The molecule has 0 spiro atoms. The molecule has 0 radical (unpaired) electrons. The standard InChI is InChI=1S/C20H22FN3O3/c1-23(17-7-8-18(27-2)22-13-17)20(26)24-11-9-15(10-12-24)19(25)14-3-5-16(21)6-4-14/h3-8,13,15H,9-12H2,1-2H3. The predicted octanol–water partition coefficient (Wildman–Crippen LogP) is 3.38. The Balaban J connectivity index is 1.58. The molecule has 6 nitrogen and oxygen atoms in total. The largest absolute Gasteiger partial charge is 0.481 e. The number of likely N-dealkylation sites (tertiary alicyclic amines) is 1. The van der Waals surface area contributed by atoms with E-state index in [1.165, 1.54) is 36.3 Å². The van der Waals surface area contributed by atoms with Crippen molar-refractivity contribution in [2.75, 3.05) is 32.1 Å². The molecule has 0 aliphatic carbocycles. The molecule has 0 N–H and O–H groups in total. The van der Waals surface area contributed by atoms with Gasteiger partial charge in [0.15, 0.2) is 5.78 Å². The third-order valence-corrected chi connectivity index (χ3v) is 4.87. The molecule has 0 saturated carbocycles. The number of pyridine rings is 1. The van der Waals surface area contributed by atoms with Gasteiger partial charge in [0.1, 0.15) is 5.82 Å². The molecule has 142 valence electrons. The Hall–Kier alpha value is -2.96. The minimum atomic E-state index is -0.358. The number of ether oxygens (including phenoxy) is 1. The van der Waals surface area contributed by atoms with Crippen molar-refractivity contribution in [3.63, 3.8) is 0 Å². The molecule has 1 aromatic carbocycles. The number of Topliss-reactive ketones (excluding diaryl/α,β-unsaturated/α-hetero) is 1. The first-order chi connectivity index (χ1) is 13.0. The number of halogens is 1. The van der Waals surface area contributed by atoms with Crippen LogP contribution in [0.5, 0.6) is 5.88 Å². The zero-order valence-electron chi connectivity index (χ0n) is 15.4. The van der Waals surface area contributed by atoms with Gasteiger partial charge in [-0.15, -0.1) is 0 Å². The van der Waals surface area contributed by atoms with Crippen molar-refractivity contribution in [2.45, 2.75) is 12.8 Å². The van der Waals surface area contributed by atoms with Crippen molar-refractivity contribution >= 4 is 17.5 Å². The third kappa shape index (κ3) is 4.24. The fraction of sp³-hybridized carbons (Fsp3) is 0.350. The highest BCUT2D eigenvalue weighted by molar-refractivity contribution is 5.98. The average Bonchev–Trinajstić information content (AvgIpc) is 2.73. The fourth-order valence-electron chi connectivity index (χ4n) is 3.20. The minimum absolute atomic E-state index is 0.00908. The van der Waals surface area contributed by atoms with E-state index in [9.17, 15) is 14.0 Å². The molecule has 1 aliphatic heterocycles. The Labute approximate surface area is 157 Å². The smallest absolute Gasteiger partial charge is 0.324 e. The molecular weight excluding hydrogens is 349 g/mol. The van der Waals surface area contributed by atoms with Crippen LogP contribution in [0.15, 0.2) is 42.6 Å². The number of methoxy groups -OCH3 is 1. The maximum atomic E-state index is 13.0. The Bertz CT molecular complexity index is 800. The SMILES string of the molecule is COc1ccc(N(C)C(=O)N2CCC(C(=O)c3ccc(F)cc3)CC2)cn1. The number of piperidine rings is 1. The quantitative estimate of drug-likeness (QED) is 0.773. The average molecular weight is 371 g/mol. The van der Waals surface area contributed by atoms with Gasteiger partial charge in [-0.05, 0) is 43.2 Å². The van der Waals surface area contributed by atoms with E-state index < -0.39 is 0 Å². The van der Waals surface area contributed by atoms with Crippen molar-refractivity contribution in [2.24, 2.45) is 5.92 Å². The van der Waals surface area contributed by atoms with Gasteiger partial charge in [-0.25, -0.2) is 14.2 Å². The summed E-state index contributed by atoms with van der Waals surface area (Å²) in [5, 5.41) is 0. The van der Waals surface area contributed by atoms with Crippen molar-refractivity contribution in [1.29, 1.82) is 0 Å². The van der Waals surface area contributed by atoms with Gasteiger partial charge in [-0.3, -0.25) is 9.69 Å². The summed E-state index contributed by atoms with van der Waals surface area (Å²) in [5.74, 6) is -0.00924. The van der Waals surface area contributed by atoms with Crippen LogP contribution in [0.25, 0.3) is 0 Å². The first-order valence-electron chi connectivity index (χ1n) is 8.82. The lowest BCUT2D eigenvalue weighted by Crippen LogP contribution is -2.46. The molecule has 1 aliphatic rings. The number of benzene rings is 1. The summed E-state index contributed by atoms with van der Waals surface area (Å²) in [5.41, 5.74) is 1.19. The second-order valence-electron chi connectivity index (χ2n) is 6.53. The highest BCUT2D eigenvalue weighted by Gasteiger charge is 2.29. The summed E-state index contributed by atoms with van der Waals surface area (Å²) >= 11 is 0. The van der Waals surface area contributed by atoms with Crippen LogP contribution in [0, 0.1) is 11.7 Å². The van der Waals surface area contributed by atoms with Crippen LogP contribution < -0.4 is 9.64 Å². The summed E-state index contributed by atoms with van der Waals surface area (Å²) in [7, 11) is 3.23. The summed E-state index contributed by atoms with van der Waals surface area (Å²) in [6.45, 7) is 1.01. The van der Waals surface area contributed by atoms with Crippen LogP contribution in [0.2, 0.25) is 0 Å². The van der Waals surface area contributed by atoms with Crippen LogP contribution in [-0.4, -0.2) is 48.9 Å². The van der Waals surface area contributed by atoms with E-state index in [4.69, 9.17) is 4.74 Å². The predicted molar refractivity (Wildman–Crippen MR) is 99.6 cm³/mol. The van der Waals surface area contributed by atoms with Gasteiger partial charge in [0.05, 0.1) is 19.0 Å². The molecule has 2 amide bonds. The number of carbonyl (C=O) groups is 2. The highest BCUT2D eigenvalue weighted by Crippen LogP contribution is 2.24. The summed E-state index contributed by atoms with van der Waals surface area (Å²) in [6, 6.07) is 8.96. The first-order valence-corrected chi connectivity index (χ1v) is 8.82. The number of hydrogen-bond acceptors (Lipinski definition) is 4. The zero-order chi connectivity index (χ0) is 19.4. The van der Waals surface area contributed by atoms with Gasteiger partial charge >= 0.3 is 6.03 Å². The van der Waals surface area contributed by atoms with Gasteiger partial charge in [0, 0.05) is 37.7 Å². The molecule has 1 fully saturated rings. The van der Waals surface area contributed by atoms with Crippen molar-refractivity contribution in [3.8, 4) is 5.88 Å². The molecule has 3 rings (SSSR count). The molecule has 2 aromatic rings. The molecule has 0 atom stereocenters. The van der Waals surface area contributed by atoms with Crippen LogP contribution in [0.4, 0.5) is 14.9 Å². The van der Waals surface area contributed by atoms with E-state index in [1.54, 1.807) is 30.3 Å². The molecular formula is C20H22FN3O3. The zero-order valence-corrected chi connectivity index (χ0v) is 15.4. The number of urea groups is 1. The summed E-state index contributed by atoms with van der Waals surface area (Å²) < 4.78 is 18.0. The van der Waals surface area contributed by atoms with E-state index in [1.807, 2.05) is 0 Å². The second kappa shape index (κ2) is 8.16. The molecule has 1 aromatic heterocycles. The van der Waals surface area contributed by atoms with E-state index >= 15 is 0 Å². The molecule has 7 heteroatoms. The second-order valence-corrected chi connectivity index (χ2v) is 6.53. The molecule has 27 heavy (non-hydrogen) atoms. The first kappa shape index (κ1) is 18.8. The third-order valence-electron chi connectivity index (χ3n) is 4.87. The Morgan fingerprint density at radius 1 is 1.15 bits per heavy atom. The minimum Gasteiger partial charge on any atom is -0.481 e. The van der Waals surface area contributed by atoms with Crippen molar-refractivity contribution < 1.29 is 18.7 Å². The Morgan fingerprint density at radius 3 is 2.37 bits per heavy atom.